The number of fused-ring (bicyclic) bond motifs is 1. The van der Waals surface area contributed by atoms with Gasteiger partial charge < -0.3 is 10.3 Å². The first-order valence-electron chi connectivity index (χ1n) is 6.16. The summed E-state index contributed by atoms with van der Waals surface area (Å²) in [5.74, 6) is 0.675. The summed E-state index contributed by atoms with van der Waals surface area (Å²) in [4.78, 5) is 12.1. The fraction of sp³-hybridized carbons (Fsp3) is 0.143. The molecule has 0 bridgehead atoms. The SMILES string of the molecule is CNc1ccnc(CSc2nc3ccccc3[nH]2)c1Cl. The standard InChI is InChI=1S/C14H13ClN4S/c1-16-11-6-7-17-12(13(11)15)8-20-14-18-9-4-2-3-5-10(9)19-14/h2-7H,8H2,1H3,(H,16,17)(H,18,19). The zero-order chi connectivity index (χ0) is 13.9. The lowest BCUT2D eigenvalue weighted by Crippen LogP contribution is -1.95. The first-order valence-corrected chi connectivity index (χ1v) is 7.53. The van der Waals surface area contributed by atoms with Crippen molar-refractivity contribution in [3.63, 3.8) is 0 Å². The van der Waals surface area contributed by atoms with E-state index in [1.165, 1.54) is 0 Å². The molecule has 0 aliphatic rings. The number of benzene rings is 1. The monoisotopic (exact) mass is 304 g/mol. The largest absolute Gasteiger partial charge is 0.387 e. The number of nitrogens with one attached hydrogen (secondary N) is 2. The lowest BCUT2D eigenvalue weighted by molar-refractivity contribution is 1.07. The predicted molar refractivity (Wildman–Crippen MR) is 84.4 cm³/mol. The number of rotatable bonds is 4. The van der Waals surface area contributed by atoms with E-state index in [9.17, 15) is 0 Å². The number of aromatic nitrogens is 3. The molecular weight excluding hydrogens is 292 g/mol. The van der Waals surface area contributed by atoms with Gasteiger partial charge in [-0.25, -0.2) is 4.98 Å². The van der Waals surface area contributed by atoms with Crippen molar-refractivity contribution in [1.29, 1.82) is 0 Å². The Morgan fingerprint density at radius 2 is 2.15 bits per heavy atom. The molecule has 6 heteroatoms. The minimum atomic E-state index is 0.665. The van der Waals surface area contributed by atoms with Crippen LogP contribution in [0.4, 0.5) is 5.69 Å². The van der Waals surface area contributed by atoms with E-state index in [1.54, 1.807) is 18.0 Å². The van der Waals surface area contributed by atoms with Crippen LogP contribution < -0.4 is 5.32 Å². The molecule has 0 saturated heterocycles. The Bertz CT molecular complexity index is 708. The van der Waals surface area contributed by atoms with E-state index in [1.807, 2.05) is 37.4 Å². The summed E-state index contributed by atoms with van der Waals surface area (Å²) in [6, 6.07) is 9.83. The molecule has 2 heterocycles. The van der Waals surface area contributed by atoms with Gasteiger partial charge in [0.05, 0.1) is 27.4 Å². The fourth-order valence-electron chi connectivity index (χ4n) is 1.92. The molecule has 20 heavy (non-hydrogen) atoms. The van der Waals surface area contributed by atoms with Crippen molar-refractivity contribution < 1.29 is 0 Å². The fourth-order valence-corrected chi connectivity index (χ4v) is 3.10. The van der Waals surface area contributed by atoms with Crippen LogP contribution in [0, 0.1) is 0 Å². The molecule has 1 aromatic carbocycles. The van der Waals surface area contributed by atoms with Crippen LogP contribution in [-0.2, 0) is 5.75 Å². The van der Waals surface area contributed by atoms with Crippen molar-refractivity contribution in [2.24, 2.45) is 0 Å². The first kappa shape index (κ1) is 13.3. The van der Waals surface area contributed by atoms with Gasteiger partial charge in [-0.2, -0.15) is 0 Å². The van der Waals surface area contributed by atoms with Gasteiger partial charge in [0.25, 0.3) is 0 Å². The van der Waals surface area contributed by atoms with E-state index in [-0.39, 0.29) is 0 Å². The first-order chi connectivity index (χ1) is 9.78. The van der Waals surface area contributed by atoms with E-state index in [4.69, 9.17) is 11.6 Å². The van der Waals surface area contributed by atoms with Gasteiger partial charge >= 0.3 is 0 Å². The number of pyridine rings is 1. The molecule has 0 aliphatic heterocycles. The third-order valence-corrected chi connectivity index (χ3v) is 4.25. The van der Waals surface area contributed by atoms with Crippen LogP contribution in [0.3, 0.4) is 0 Å². The summed E-state index contributed by atoms with van der Waals surface area (Å²) in [5, 5.41) is 4.59. The minimum Gasteiger partial charge on any atom is -0.387 e. The van der Waals surface area contributed by atoms with Gasteiger partial charge in [-0.1, -0.05) is 35.5 Å². The third-order valence-electron chi connectivity index (χ3n) is 2.94. The zero-order valence-electron chi connectivity index (χ0n) is 10.9. The van der Waals surface area contributed by atoms with E-state index in [2.05, 4.69) is 20.3 Å². The van der Waals surface area contributed by atoms with E-state index in [0.29, 0.717) is 10.8 Å². The Kier molecular flexibility index (Phi) is 3.80. The number of halogens is 1. The van der Waals surface area contributed by atoms with Gasteiger partial charge in [0.2, 0.25) is 0 Å². The lowest BCUT2D eigenvalue weighted by Gasteiger charge is -2.06. The van der Waals surface area contributed by atoms with Gasteiger partial charge in [-0.15, -0.1) is 0 Å². The normalized spacial score (nSPS) is 10.9. The van der Waals surface area contributed by atoms with Crippen molar-refractivity contribution in [2.75, 3.05) is 12.4 Å². The molecular formula is C14H13ClN4S. The minimum absolute atomic E-state index is 0.665. The summed E-state index contributed by atoms with van der Waals surface area (Å²) in [6.07, 6.45) is 1.76. The average Bonchev–Trinajstić information content (AvgIpc) is 2.89. The molecule has 0 unspecified atom stereocenters. The second-order valence-electron chi connectivity index (χ2n) is 4.22. The molecule has 2 N–H and O–H groups in total. The summed E-state index contributed by atoms with van der Waals surface area (Å²) in [7, 11) is 1.84. The van der Waals surface area contributed by atoms with Gasteiger partial charge in [0.15, 0.2) is 5.16 Å². The molecule has 2 aromatic heterocycles. The quantitative estimate of drug-likeness (QED) is 0.717. The summed E-state index contributed by atoms with van der Waals surface area (Å²) in [6.45, 7) is 0. The maximum Gasteiger partial charge on any atom is 0.166 e. The Morgan fingerprint density at radius 1 is 1.30 bits per heavy atom. The molecule has 3 aromatic rings. The molecule has 0 atom stereocenters. The van der Waals surface area contributed by atoms with Crippen LogP contribution in [0.5, 0.6) is 0 Å². The Labute approximate surface area is 126 Å². The summed E-state index contributed by atoms with van der Waals surface area (Å²) < 4.78 is 0. The smallest absolute Gasteiger partial charge is 0.166 e. The highest BCUT2D eigenvalue weighted by molar-refractivity contribution is 7.98. The molecule has 0 spiro atoms. The maximum absolute atomic E-state index is 6.28. The number of imidazole rings is 1. The molecule has 4 nitrogen and oxygen atoms in total. The van der Waals surface area contributed by atoms with Crippen molar-refractivity contribution >= 4 is 40.1 Å². The van der Waals surface area contributed by atoms with E-state index < -0.39 is 0 Å². The summed E-state index contributed by atoms with van der Waals surface area (Å²) in [5.41, 5.74) is 3.75. The van der Waals surface area contributed by atoms with Crippen LogP contribution in [0.15, 0.2) is 41.7 Å². The number of nitrogens with zero attached hydrogens (tertiary/aromatic N) is 2. The number of anilines is 1. The Balaban J connectivity index is 1.79. The average molecular weight is 305 g/mol. The predicted octanol–water partition coefficient (Wildman–Crippen LogP) is 3.95. The highest BCUT2D eigenvalue weighted by Crippen LogP contribution is 2.29. The van der Waals surface area contributed by atoms with E-state index >= 15 is 0 Å². The van der Waals surface area contributed by atoms with Crippen molar-refractivity contribution in [3.05, 3.63) is 47.2 Å². The van der Waals surface area contributed by atoms with E-state index in [0.717, 1.165) is 27.6 Å². The number of thioether (sulfide) groups is 1. The number of para-hydroxylation sites is 2. The highest BCUT2D eigenvalue weighted by atomic mass is 35.5. The van der Waals surface area contributed by atoms with Crippen molar-refractivity contribution in [1.82, 2.24) is 15.0 Å². The third kappa shape index (κ3) is 2.59. The molecule has 0 saturated carbocycles. The van der Waals surface area contributed by atoms with Crippen molar-refractivity contribution in [2.45, 2.75) is 10.9 Å². The molecule has 0 fully saturated rings. The van der Waals surface area contributed by atoms with Gasteiger partial charge in [-0.05, 0) is 18.2 Å². The summed E-state index contributed by atoms with van der Waals surface area (Å²) >= 11 is 7.88. The van der Waals surface area contributed by atoms with Crippen LogP contribution in [0.1, 0.15) is 5.69 Å². The molecule has 3 rings (SSSR count). The second-order valence-corrected chi connectivity index (χ2v) is 5.56. The number of hydrogen-bond donors (Lipinski definition) is 2. The molecule has 102 valence electrons. The van der Waals surface area contributed by atoms with Crippen LogP contribution >= 0.6 is 23.4 Å². The van der Waals surface area contributed by atoms with Crippen molar-refractivity contribution in [3.8, 4) is 0 Å². The zero-order valence-corrected chi connectivity index (χ0v) is 12.4. The Hall–Kier alpha value is -1.72. The van der Waals surface area contributed by atoms with Crippen LogP contribution in [-0.4, -0.2) is 22.0 Å². The number of H-pyrrole nitrogens is 1. The molecule has 0 radical (unpaired) electrons. The second kappa shape index (κ2) is 5.73. The van der Waals surface area contributed by atoms with Crippen LogP contribution in [0.25, 0.3) is 11.0 Å². The molecule has 0 amide bonds. The number of aromatic amines is 1. The van der Waals surface area contributed by atoms with Crippen LogP contribution in [0.2, 0.25) is 5.02 Å². The highest BCUT2D eigenvalue weighted by Gasteiger charge is 2.09. The Morgan fingerprint density at radius 3 is 2.95 bits per heavy atom. The van der Waals surface area contributed by atoms with Gasteiger partial charge in [0, 0.05) is 19.0 Å². The maximum atomic E-state index is 6.28. The topological polar surface area (TPSA) is 53.6 Å². The van der Waals surface area contributed by atoms with Gasteiger partial charge in [0.1, 0.15) is 0 Å². The lowest BCUT2D eigenvalue weighted by atomic mass is 10.3. The number of hydrogen-bond acceptors (Lipinski definition) is 4. The van der Waals surface area contributed by atoms with Gasteiger partial charge in [-0.3, -0.25) is 4.98 Å². The molecule has 0 aliphatic carbocycles.